The molecule has 0 radical (unpaired) electrons. The van der Waals surface area contributed by atoms with Gasteiger partial charge in [0.2, 0.25) is 5.91 Å². The van der Waals surface area contributed by atoms with Gasteiger partial charge >= 0.3 is 0 Å². The van der Waals surface area contributed by atoms with Gasteiger partial charge in [0.05, 0.1) is 4.92 Å². The smallest absolute Gasteiger partial charge is 0.293 e. The van der Waals surface area contributed by atoms with Gasteiger partial charge in [0.15, 0.2) is 0 Å². The molecule has 1 amide bonds. The average molecular weight is 249 g/mol. The minimum atomic E-state index is -0.685. The maximum atomic E-state index is 11.0. The second kappa shape index (κ2) is 6.39. The number of benzene rings is 1. The van der Waals surface area contributed by atoms with Crippen LogP contribution in [0, 0.1) is 10.1 Å². The van der Waals surface area contributed by atoms with Crippen molar-refractivity contribution in [3.05, 3.63) is 46.0 Å². The zero-order chi connectivity index (χ0) is 13.5. The first-order valence-electron chi connectivity index (χ1n) is 5.53. The number of nitro benzene ring substituents is 1. The van der Waals surface area contributed by atoms with Gasteiger partial charge in [-0.2, -0.15) is 0 Å². The summed E-state index contributed by atoms with van der Waals surface area (Å²) in [4.78, 5) is 21.3. The molecule has 0 unspecified atom stereocenters. The van der Waals surface area contributed by atoms with Crippen molar-refractivity contribution in [1.29, 1.82) is 0 Å². The number of allylic oxidation sites excluding steroid dienone is 1. The Labute approximate surface area is 105 Å². The first-order valence-corrected chi connectivity index (χ1v) is 5.53. The van der Waals surface area contributed by atoms with Crippen LogP contribution in [0.1, 0.15) is 23.7 Å². The van der Waals surface area contributed by atoms with Crippen molar-refractivity contribution in [2.45, 2.75) is 13.3 Å². The Hall–Kier alpha value is -2.37. The molecule has 0 aromatic heterocycles. The van der Waals surface area contributed by atoms with E-state index in [4.69, 9.17) is 5.73 Å². The third-order valence-corrected chi connectivity index (χ3v) is 2.29. The molecule has 0 aliphatic rings. The number of primary amides is 1. The molecule has 0 spiro atoms. The molecule has 0 bridgehead atoms. The number of hydrogen-bond donors (Lipinski definition) is 2. The Balaban J connectivity index is 2.93. The van der Waals surface area contributed by atoms with Crippen molar-refractivity contribution >= 4 is 17.3 Å². The Kier molecular flexibility index (Phi) is 4.86. The van der Waals surface area contributed by atoms with E-state index in [0.717, 1.165) is 6.42 Å². The minimum absolute atomic E-state index is 0.122. The van der Waals surface area contributed by atoms with Crippen LogP contribution in [0.2, 0.25) is 0 Å². The summed E-state index contributed by atoms with van der Waals surface area (Å²) in [5, 5.41) is 13.8. The van der Waals surface area contributed by atoms with E-state index in [0.29, 0.717) is 12.2 Å². The average Bonchev–Trinajstić information content (AvgIpc) is 2.34. The lowest BCUT2D eigenvalue weighted by Crippen LogP contribution is -2.12. The lowest BCUT2D eigenvalue weighted by atomic mass is 10.1. The van der Waals surface area contributed by atoms with Crippen LogP contribution in [0.4, 0.5) is 11.4 Å². The van der Waals surface area contributed by atoms with Crippen molar-refractivity contribution in [3.63, 3.8) is 0 Å². The summed E-state index contributed by atoms with van der Waals surface area (Å²) in [5.74, 6) is -0.685. The molecule has 1 rings (SSSR count). The summed E-state index contributed by atoms with van der Waals surface area (Å²) in [6, 6.07) is 4.12. The highest BCUT2D eigenvalue weighted by atomic mass is 16.6. The van der Waals surface area contributed by atoms with E-state index in [1.165, 1.54) is 18.2 Å². The van der Waals surface area contributed by atoms with Crippen LogP contribution in [0.25, 0.3) is 0 Å². The fraction of sp³-hybridized carbons (Fsp3) is 0.250. The summed E-state index contributed by atoms with van der Waals surface area (Å²) in [6.45, 7) is 2.49. The molecule has 0 saturated carbocycles. The van der Waals surface area contributed by atoms with Crippen LogP contribution in [0.15, 0.2) is 30.4 Å². The van der Waals surface area contributed by atoms with Crippen molar-refractivity contribution in [3.8, 4) is 0 Å². The van der Waals surface area contributed by atoms with Gasteiger partial charge in [-0.05, 0) is 18.6 Å². The topological polar surface area (TPSA) is 98.3 Å². The van der Waals surface area contributed by atoms with Gasteiger partial charge in [0.25, 0.3) is 5.69 Å². The summed E-state index contributed by atoms with van der Waals surface area (Å²) < 4.78 is 0. The van der Waals surface area contributed by atoms with Crippen LogP contribution < -0.4 is 11.1 Å². The second-order valence-electron chi connectivity index (χ2n) is 3.61. The molecule has 18 heavy (non-hydrogen) atoms. The lowest BCUT2D eigenvalue weighted by Gasteiger charge is -2.05. The van der Waals surface area contributed by atoms with Crippen molar-refractivity contribution in [2.75, 3.05) is 11.9 Å². The number of amides is 1. The van der Waals surface area contributed by atoms with Gasteiger partial charge in [-0.1, -0.05) is 19.1 Å². The highest BCUT2D eigenvalue weighted by molar-refractivity contribution is 5.94. The number of carbonyl (C=O) groups excluding carboxylic acids is 1. The molecule has 1 aromatic rings. The third-order valence-electron chi connectivity index (χ3n) is 2.29. The van der Waals surface area contributed by atoms with Crippen LogP contribution >= 0.6 is 0 Å². The van der Waals surface area contributed by atoms with Crippen LogP contribution in [-0.4, -0.2) is 17.4 Å². The summed E-state index contributed by atoms with van der Waals surface area (Å²) in [6.07, 6.45) is 4.74. The predicted molar refractivity (Wildman–Crippen MR) is 69.5 cm³/mol. The first-order chi connectivity index (χ1) is 8.56. The molecular formula is C12H15N3O3. The Bertz CT molecular complexity index is 483. The van der Waals surface area contributed by atoms with Gasteiger partial charge in [-0.3, -0.25) is 14.9 Å². The fourth-order valence-electron chi connectivity index (χ4n) is 1.40. The summed E-state index contributed by atoms with van der Waals surface area (Å²) in [5.41, 5.74) is 5.41. The minimum Gasteiger partial charge on any atom is -0.376 e. The molecule has 0 aliphatic heterocycles. The molecule has 6 heteroatoms. The van der Waals surface area contributed by atoms with Gasteiger partial charge in [-0.25, -0.2) is 0 Å². The number of rotatable bonds is 6. The number of anilines is 1. The van der Waals surface area contributed by atoms with Gasteiger partial charge in [0.1, 0.15) is 5.69 Å². The van der Waals surface area contributed by atoms with Crippen LogP contribution in [0.3, 0.4) is 0 Å². The van der Waals surface area contributed by atoms with E-state index in [1.807, 2.05) is 19.1 Å². The number of nitrogens with one attached hydrogen (secondary N) is 1. The maximum Gasteiger partial charge on any atom is 0.293 e. The largest absolute Gasteiger partial charge is 0.376 e. The molecule has 96 valence electrons. The molecule has 0 aliphatic carbocycles. The second-order valence-corrected chi connectivity index (χ2v) is 3.61. The van der Waals surface area contributed by atoms with Gasteiger partial charge in [0, 0.05) is 18.2 Å². The number of nitrogens with zero attached hydrogens (tertiary/aromatic N) is 1. The molecule has 0 saturated heterocycles. The molecule has 6 nitrogen and oxygen atoms in total. The first kappa shape index (κ1) is 13.7. The fourth-order valence-corrected chi connectivity index (χ4v) is 1.40. The number of hydrogen-bond acceptors (Lipinski definition) is 4. The molecule has 1 aromatic carbocycles. The van der Waals surface area contributed by atoms with Crippen molar-refractivity contribution in [2.24, 2.45) is 5.73 Å². The highest BCUT2D eigenvalue weighted by Gasteiger charge is 2.15. The quantitative estimate of drug-likeness (QED) is 0.458. The van der Waals surface area contributed by atoms with E-state index in [1.54, 1.807) is 0 Å². The van der Waals surface area contributed by atoms with E-state index in [2.05, 4.69) is 5.32 Å². The lowest BCUT2D eigenvalue weighted by molar-refractivity contribution is -0.384. The maximum absolute atomic E-state index is 11.0. The molecule has 0 atom stereocenters. The standard InChI is InChI=1S/C12H15N3O3/c1-2-3-4-7-14-10-6-5-9(12(13)16)8-11(10)15(17)18/h3-6,8,14H,2,7H2,1H3,(H2,13,16)/b4-3+. The van der Waals surface area contributed by atoms with Crippen molar-refractivity contribution < 1.29 is 9.72 Å². The zero-order valence-corrected chi connectivity index (χ0v) is 10.1. The zero-order valence-electron chi connectivity index (χ0n) is 10.1. The molecular weight excluding hydrogens is 234 g/mol. The van der Waals surface area contributed by atoms with E-state index in [-0.39, 0.29) is 11.3 Å². The SMILES string of the molecule is CC/C=C/CNc1ccc(C(N)=O)cc1[N+](=O)[O-]. The van der Waals surface area contributed by atoms with Crippen LogP contribution in [0.5, 0.6) is 0 Å². The number of nitrogens with two attached hydrogens (primary N) is 1. The monoisotopic (exact) mass is 249 g/mol. The summed E-state index contributed by atoms with van der Waals surface area (Å²) >= 11 is 0. The predicted octanol–water partition coefficient (Wildman–Crippen LogP) is 2.07. The van der Waals surface area contributed by atoms with Crippen LogP contribution in [-0.2, 0) is 0 Å². The molecule has 0 fully saturated rings. The number of carbonyl (C=O) groups is 1. The highest BCUT2D eigenvalue weighted by Crippen LogP contribution is 2.25. The van der Waals surface area contributed by atoms with E-state index < -0.39 is 10.8 Å². The van der Waals surface area contributed by atoms with E-state index >= 15 is 0 Å². The molecule has 0 heterocycles. The summed E-state index contributed by atoms with van der Waals surface area (Å²) in [7, 11) is 0. The Morgan fingerprint density at radius 3 is 2.78 bits per heavy atom. The van der Waals surface area contributed by atoms with Gasteiger partial charge in [-0.15, -0.1) is 0 Å². The Morgan fingerprint density at radius 2 is 2.22 bits per heavy atom. The number of nitro groups is 1. The van der Waals surface area contributed by atoms with Gasteiger partial charge < -0.3 is 11.1 Å². The van der Waals surface area contributed by atoms with Crippen molar-refractivity contribution in [1.82, 2.24) is 0 Å². The van der Waals surface area contributed by atoms with E-state index in [9.17, 15) is 14.9 Å². The molecule has 3 N–H and O–H groups in total. The Morgan fingerprint density at radius 1 is 1.50 bits per heavy atom. The normalized spacial score (nSPS) is 10.5. The third kappa shape index (κ3) is 3.58.